The molecular formula is C27H40N4O7. The number of amides is 4. The summed E-state index contributed by atoms with van der Waals surface area (Å²) in [5, 5.41) is 22.6. The quantitative estimate of drug-likeness (QED) is 0.328. The Hall–Kier alpha value is -3.18. The van der Waals surface area contributed by atoms with Gasteiger partial charge in [0.1, 0.15) is 23.4 Å². The van der Waals surface area contributed by atoms with E-state index in [2.05, 4.69) is 5.32 Å². The third-order valence-corrected chi connectivity index (χ3v) is 7.82. The second-order valence-corrected chi connectivity index (χ2v) is 10.5. The number of carbonyl (C=O) groups excluding carboxylic acids is 4. The first-order valence-corrected chi connectivity index (χ1v) is 13.1. The highest BCUT2D eigenvalue weighted by atomic mass is 16.5. The topological polar surface area (TPSA) is 162 Å². The number of likely N-dealkylation sites (tertiary alicyclic amines) is 2. The van der Waals surface area contributed by atoms with Crippen LogP contribution in [0, 0.1) is 5.92 Å². The third-order valence-electron chi connectivity index (χ3n) is 7.82. The summed E-state index contributed by atoms with van der Waals surface area (Å²) >= 11 is 0. The molecule has 2 fully saturated rings. The van der Waals surface area contributed by atoms with Gasteiger partial charge in [-0.05, 0) is 57.2 Å². The van der Waals surface area contributed by atoms with E-state index in [1.165, 1.54) is 30.8 Å². The minimum absolute atomic E-state index is 0.137. The van der Waals surface area contributed by atoms with Crippen molar-refractivity contribution >= 4 is 23.6 Å². The van der Waals surface area contributed by atoms with Gasteiger partial charge in [0.2, 0.25) is 23.6 Å². The van der Waals surface area contributed by atoms with E-state index in [0.717, 1.165) is 5.56 Å². The Morgan fingerprint density at radius 1 is 1.13 bits per heavy atom. The number of rotatable bonds is 10. The first kappa shape index (κ1) is 29.4. The number of nitrogens with one attached hydrogen (secondary N) is 1. The Labute approximate surface area is 223 Å². The highest BCUT2D eigenvalue weighted by molar-refractivity contribution is 5.97. The Morgan fingerprint density at radius 2 is 1.84 bits per heavy atom. The number of nitrogens with zero attached hydrogens (tertiary/aromatic N) is 2. The molecule has 3 rings (SSSR count). The smallest absolute Gasteiger partial charge is 0.247 e. The molecule has 1 aromatic carbocycles. The molecule has 38 heavy (non-hydrogen) atoms. The maximum atomic E-state index is 14.1. The molecule has 1 aromatic rings. The van der Waals surface area contributed by atoms with Gasteiger partial charge in [0.15, 0.2) is 0 Å². The van der Waals surface area contributed by atoms with E-state index in [-0.39, 0.29) is 24.8 Å². The molecule has 11 nitrogen and oxygen atoms in total. The van der Waals surface area contributed by atoms with Crippen molar-refractivity contribution in [1.29, 1.82) is 0 Å². The number of methoxy groups -OCH3 is 1. The van der Waals surface area contributed by atoms with Crippen LogP contribution in [0.25, 0.3) is 0 Å². The number of aliphatic hydroxyl groups is 2. The van der Waals surface area contributed by atoms with Crippen molar-refractivity contribution < 1.29 is 34.1 Å². The predicted octanol–water partition coefficient (Wildman–Crippen LogP) is -0.0423. The SMILES string of the molecule is COc1cccc(C[C@]2(C(=O)N[C@H](C(N)=O)[C@@H](C)O)CCCN2C(=O)[C@@H]2CCCN2C(=O)[C@@H](C)[C@@H](C)O)c1. The zero-order valence-corrected chi connectivity index (χ0v) is 22.6. The van der Waals surface area contributed by atoms with Gasteiger partial charge in [-0.25, -0.2) is 0 Å². The Kier molecular flexibility index (Phi) is 9.37. The van der Waals surface area contributed by atoms with Crippen molar-refractivity contribution in [2.75, 3.05) is 20.2 Å². The van der Waals surface area contributed by atoms with Gasteiger partial charge in [0, 0.05) is 19.5 Å². The molecule has 6 atom stereocenters. The van der Waals surface area contributed by atoms with Gasteiger partial charge in [-0.2, -0.15) is 0 Å². The third kappa shape index (κ3) is 5.94. The van der Waals surface area contributed by atoms with E-state index >= 15 is 0 Å². The maximum absolute atomic E-state index is 14.1. The van der Waals surface area contributed by atoms with Crippen molar-refractivity contribution in [3.8, 4) is 5.75 Å². The standard InChI is InChI=1S/C27H40N4O7/c1-16(17(2)32)24(35)30-12-6-10-21(30)25(36)31-13-7-11-27(31,15-19-8-5-9-20(14-19)38-4)26(37)29-22(18(3)33)23(28)34/h5,8-9,14,16-18,21-22,32-33H,6-7,10-13,15H2,1-4H3,(H2,28,34)(H,29,37)/t16-,17+,18+,21-,22-,27-/m0/s1. The van der Waals surface area contributed by atoms with Gasteiger partial charge < -0.3 is 35.8 Å². The van der Waals surface area contributed by atoms with Gasteiger partial charge in [-0.3, -0.25) is 19.2 Å². The van der Waals surface area contributed by atoms with Crippen LogP contribution < -0.4 is 15.8 Å². The number of nitrogens with two attached hydrogens (primary N) is 1. The second kappa shape index (κ2) is 12.1. The zero-order chi connectivity index (χ0) is 28.2. The monoisotopic (exact) mass is 532 g/mol. The van der Waals surface area contributed by atoms with Crippen LogP contribution in [-0.2, 0) is 25.6 Å². The molecule has 0 unspecified atom stereocenters. The molecule has 2 aliphatic rings. The van der Waals surface area contributed by atoms with Crippen molar-refractivity contribution in [3.05, 3.63) is 29.8 Å². The molecule has 0 aromatic heterocycles. The number of aliphatic hydroxyl groups excluding tert-OH is 2. The molecule has 2 heterocycles. The average Bonchev–Trinajstić information content (AvgIpc) is 3.53. The Morgan fingerprint density at radius 3 is 2.45 bits per heavy atom. The molecule has 0 spiro atoms. The number of carbonyl (C=O) groups is 4. The van der Waals surface area contributed by atoms with E-state index in [4.69, 9.17) is 10.5 Å². The number of primary amides is 1. The van der Waals surface area contributed by atoms with Crippen LogP contribution in [-0.4, -0.2) is 93.7 Å². The lowest BCUT2D eigenvalue weighted by molar-refractivity contribution is -0.153. The van der Waals surface area contributed by atoms with Crippen LogP contribution in [0.1, 0.15) is 52.0 Å². The predicted molar refractivity (Wildman–Crippen MR) is 139 cm³/mol. The van der Waals surface area contributed by atoms with Crippen molar-refractivity contribution in [2.45, 2.75) is 82.7 Å². The number of hydrogen-bond acceptors (Lipinski definition) is 7. The van der Waals surface area contributed by atoms with Gasteiger partial charge in [0.25, 0.3) is 0 Å². The fraction of sp³-hybridized carbons (Fsp3) is 0.630. The largest absolute Gasteiger partial charge is 0.497 e. The molecule has 4 amide bonds. The lowest BCUT2D eigenvalue weighted by Gasteiger charge is -2.41. The fourth-order valence-corrected chi connectivity index (χ4v) is 5.46. The van der Waals surface area contributed by atoms with Crippen LogP contribution >= 0.6 is 0 Å². The summed E-state index contributed by atoms with van der Waals surface area (Å²) in [5.74, 6) is -2.22. The van der Waals surface area contributed by atoms with Crippen LogP contribution in [0.5, 0.6) is 5.75 Å². The first-order chi connectivity index (χ1) is 17.9. The van der Waals surface area contributed by atoms with E-state index in [9.17, 15) is 29.4 Å². The van der Waals surface area contributed by atoms with Crippen molar-refractivity contribution in [3.63, 3.8) is 0 Å². The minimum atomic E-state index is -1.38. The van der Waals surface area contributed by atoms with Gasteiger partial charge in [-0.15, -0.1) is 0 Å². The summed E-state index contributed by atoms with van der Waals surface area (Å²) in [7, 11) is 1.53. The summed E-state index contributed by atoms with van der Waals surface area (Å²) in [6.45, 7) is 5.20. The maximum Gasteiger partial charge on any atom is 0.247 e. The molecule has 2 saturated heterocycles. The molecule has 210 valence electrons. The van der Waals surface area contributed by atoms with E-state index in [0.29, 0.717) is 38.0 Å². The van der Waals surface area contributed by atoms with Gasteiger partial charge >= 0.3 is 0 Å². The lowest BCUT2D eigenvalue weighted by atomic mass is 9.86. The zero-order valence-electron chi connectivity index (χ0n) is 22.6. The van der Waals surface area contributed by atoms with Gasteiger partial charge in [0.05, 0.1) is 25.2 Å². The molecule has 0 saturated carbocycles. The summed E-state index contributed by atoms with van der Waals surface area (Å²) in [6, 6.07) is 5.08. The molecule has 11 heteroatoms. The van der Waals surface area contributed by atoms with Crippen molar-refractivity contribution in [1.82, 2.24) is 15.1 Å². The summed E-state index contributed by atoms with van der Waals surface area (Å²) in [5.41, 5.74) is 4.81. The number of benzene rings is 1. The lowest BCUT2D eigenvalue weighted by Crippen LogP contribution is -2.65. The van der Waals surface area contributed by atoms with Crippen LogP contribution in [0.3, 0.4) is 0 Å². The van der Waals surface area contributed by atoms with Crippen molar-refractivity contribution in [2.24, 2.45) is 11.7 Å². The summed E-state index contributed by atoms with van der Waals surface area (Å²) in [4.78, 5) is 56.1. The second-order valence-electron chi connectivity index (χ2n) is 10.5. The normalized spacial score (nSPS) is 24.4. The highest BCUT2D eigenvalue weighted by Gasteiger charge is 2.53. The minimum Gasteiger partial charge on any atom is -0.497 e. The average molecular weight is 533 g/mol. The Balaban J connectivity index is 1.99. The molecule has 0 bridgehead atoms. The first-order valence-electron chi connectivity index (χ1n) is 13.1. The summed E-state index contributed by atoms with van der Waals surface area (Å²) < 4.78 is 5.34. The van der Waals surface area contributed by atoms with Crippen LogP contribution in [0.4, 0.5) is 0 Å². The fourth-order valence-electron chi connectivity index (χ4n) is 5.46. The van der Waals surface area contributed by atoms with Gasteiger partial charge in [-0.1, -0.05) is 19.1 Å². The summed E-state index contributed by atoms with van der Waals surface area (Å²) in [6.07, 6.45) is -0.0410. The molecule has 0 aliphatic carbocycles. The Bertz CT molecular complexity index is 1050. The number of ether oxygens (including phenoxy) is 1. The van der Waals surface area contributed by atoms with E-state index < -0.39 is 47.6 Å². The molecule has 2 aliphatic heterocycles. The highest BCUT2D eigenvalue weighted by Crippen LogP contribution is 2.36. The molecular weight excluding hydrogens is 492 g/mol. The molecule has 0 radical (unpaired) electrons. The van der Waals surface area contributed by atoms with Crippen LogP contribution in [0.15, 0.2) is 24.3 Å². The number of hydrogen-bond donors (Lipinski definition) is 4. The van der Waals surface area contributed by atoms with Crippen LogP contribution in [0.2, 0.25) is 0 Å². The van der Waals surface area contributed by atoms with E-state index in [1.54, 1.807) is 25.1 Å². The van der Waals surface area contributed by atoms with E-state index in [1.807, 2.05) is 6.07 Å². The molecule has 5 N–H and O–H groups in total.